The van der Waals surface area contributed by atoms with Crippen LogP contribution in [-0.2, 0) is 103 Å². The first-order valence-electron chi connectivity index (χ1n) is 8.41. The maximum Gasteiger partial charge on any atom is 0.0922 e. The Bertz CT molecular complexity index is 686. The molecule has 28 heavy (non-hydrogen) atoms. The molecule has 2 aromatic rings. The summed E-state index contributed by atoms with van der Waals surface area (Å²) in [6.45, 7) is 4.20. The zero-order valence-corrected chi connectivity index (χ0v) is 25.2. The fourth-order valence-electron chi connectivity index (χ4n) is 2.89. The molecule has 1 fully saturated rings. The third kappa shape index (κ3) is 8.58. The van der Waals surface area contributed by atoms with Gasteiger partial charge in [0, 0.05) is 109 Å². The summed E-state index contributed by atoms with van der Waals surface area (Å²) in [4.78, 5) is 0. The predicted molar refractivity (Wildman–Crippen MR) is 103 cm³/mol. The molecule has 1 saturated carbocycles. The van der Waals surface area contributed by atoms with Crippen molar-refractivity contribution < 1.29 is 113 Å². The second-order valence-corrected chi connectivity index (χ2v) is 8.02. The Balaban J connectivity index is 0.00000243. The van der Waals surface area contributed by atoms with Crippen LogP contribution >= 0.6 is 8.15 Å². The molecule has 0 aliphatic heterocycles. The summed E-state index contributed by atoms with van der Waals surface area (Å²) in [5, 5.41) is 22.2. The molecule has 0 heterocycles. The SMILES string of the molecule is C=C1[C@H](O)CC(=CCOP(c2ccccc2)c2ccccc2)C[C@H]1O.[Y].[Y].[Y]. The Morgan fingerprint density at radius 3 is 1.71 bits per heavy atom. The largest absolute Gasteiger partial charge is 0.388 e. The Kier molecular flexibility index (Phi) is 16.2. The van der Waals surface area contributed by atoms with Crippen LogP contribution in [0.5, 0.6) is 0 Å². The normalized spacial score (nSPS) is 18.5. The summed E-state index contributed by atoms with van der Waals surface area (Å²) in [7, 11) is -0.896. The van der Waals surface area contributed by atoms with Crippen molar-refractivity contribution >= 4 is 18.8 Å². The van der Waals surface area contributed by atoms with E-state index in [0.29, 0.717) is 25.0 Å². The smallest absolute Gasteiger partial charge is 0.0922 e. The first kappa shape index (κ1) is 29.5. The van der Waals surface area contributed by atoms with Gasteiger partial charge in [0.15, 0.2) is 0 Å². The van der Waals surface area contributed by atoms with Crippen LogP contribution in [0.15, 0.2) is 84.5 Å². The minimum atomic E-state index is -0.896. The molecule has 0 saturated heterocycles. The van der Waals surface area contributed by atoms with E-state index in [4.69, 9.17) is 4.52 Å². The average Bonchev–Trinajstić information content (AvgIpc) is 2.64. The number of aliphatic hydroxyl groups excluding tert-OH is 2. The molecule has 0 unspecified atom stereocenters. The van der Waals surface area contributed by atoms with Gasteiger partial charge in [0.05, 0.1) is 27.0 Å². The molecule has 2 N–H and O–H groups in total. The van der Waals surface area contributed by atoms with E-state index in [1.165, 1.54) is 10.6 Å². The molecule has 0 aromatic heterocycles. The van der Waals surface area contributed by atoms with E-state index in [1.54, 1.807) is 0 Å². The molecule has 0 amide bonds. The quantitative estimate of drug-likeness (QED) is 0.399. The zero-order chi connectivity index (χ0) is 17.6. The van der Waals surface area contributed by atoms with Crippen LogP contribution in [0, 0.1) is 0 Å². The van der Waals surface area contributed by atoms with Crippen molar-refractivity contribution in [3.8, 4) is 0 Å². The van der Waals surface area contributed by atoms with Crippen LogP contribution in [0.25, 0.3) is 0 Å². The van der Waals surface area contributed by atoms with Crippen molar-refractivity contribution in [2.75, 3.05) is 6.61 Å². The summed E-state index contributed by atoms with van der Waals surface area (Å²) in [5.74, 6) is 0. The molecule has 0 spiro atoms. The number of hydrogen-bond acceptors (Lipinski definition) is 3. The molecule has 1 aliphatic carbocycles. The Labute approximate surface area is 244 Å². The van der Waals surface area contributed by atoms with Gasteiger partial charge in [-0.1, -0.05) is 78.9 Å². The van der Waals surface area contributed by atoms with Gasteiger partial charge in [-0.2, -0.15) is 0 Å². The predicted octanol–water partition coefficient (Wildman–Crippen LogP) is 3.04. The maximum atomic E-state index is 9.95. The van der Waals surface area contributed by atoms with Crippen LogP contribution in [0.2, 0.25) is 0 Å². The van der Waals surface area contributed by atoms with Gasteiger partial charge in [0.1, 0.15) is 0 Å². The molecule has 3 rings (SSSR count). The second-order valence-electron chi connectivity index (χ2n) is 6.14. The third-order valence-corrected chi connectivity index (χ3v) is 6.27. The monoisotopic (exact) mass is 621 g/mol. The Morgan fingerprint density at radius 2 is 1.29 bits per heavy atom. The van der Waals surface area contributed by atoms with Gasteiger partial charge in [-0.3, -0.25) is 0 Å². The van der Waals surface area contributed by atoms with Crippen LogP contribution in [0.1, 0.15) is 12.8 Å². The van der Waals surface area contributed by atoms with Crippen molar-refractivity contribution in [3.05, 3.63) is 84.5 Å². The Hall–Kier alpha value is 1.54. The van der Waals surface area contributed by atoms with Gasteiger partial charge in [-0.05, 0) is 18.4 Å². The van der Waals surface area contributed by atoms with E-state index in [0.717, 1.165) is 5.57 Å². The molecule has 139 valence electrons. The standard InChI is InChI=1S/C21H23O3P.3Y/c1-16-20(22)14-17(15-21(16)23)12-13-24-25(18-8-4-2-5-9-18)19-10-6-3-7-11-19;;;/h2-12,20-23H,1,13-15H2;;;/t20-,21-;;;/m1.../s1. The maximum absolute atomic E-state index is 9.95. The summed E-state index contributed by atoms with van der Waals surface area (Å²) < 4.78 is 6.22. The van der Waals surface area contributed by atoms with E-state index in [-0.39, 0.29) is 98.1 Å². The fraction of sp³-hybridized carbons (Fsp3) is 0.238. The number of hydrogen-bond donors (Lipinski definition) is 2. The zero-order valence-electron chi connectivity index (χ0n) is 15.8. The van der Waals surface area contributed by atoms with E-state index in [9.17, 15) is 10.2 Å². The summed E-state index contributed by atoms with van der Waals surface area (Å²) in [5.41, 5.74) is 1.53. The minimum Gasteiger partial charge on any atom is -0.388 e. The van der Waals surface area contributed by atoms with Gasteiger partial charge in [-0.15, -0.1) is 0 Å². The summed E-state index contributed by atoms with van der Waals surface area (Å²) >= 11 is 0. The van der Waals surface area contributed by atoms with Crippen molar-refractivity contribution in [1.29, 1.82) is 0 Å². The molecule has 2 aromatic carbocycles. The second kappa shape index (κ2) is 15.4. The van der Waals surface area contributed by atoms with Gasteiger partial charge in [0.2, 0.25) is 0 Å². The third-order valence-electron chi connectivity index (χ3n) is 4.32. The van der Waals surface area contributed by atoms with Crippen molar-refractivity contribution in [1.82, 2.24) is 0 Å². The van der Waals surface area contributed by atoms with Crippen LogP contribution < -0.4 is 10.6 Å². The number of aliphatic hydroxyl groups is 2. The van der Waals surface area contributed by atoms with Crippen LogP contribution in [-0.4, -0.2) is 29.0 Å². The molecular weight excluding hydrogens is 598 g/mol. The number of benzene rings is 2. The van der Waals surface area contributed by atoms with Crippen LogP contribution in [0.4, 0.5) is 0 Å². The number of rotatable bonds is 5. The van der Waals surface area contributed by atoms with E-state index >= 15 is 0 Å². The van der Waals surface area contributed by atoms with Crippen LogP contribution in [0.3, 0.4) is 0 Å². The molecule has 3 radical (unpaired) electrons. The molecule has 7 heteroatoms. The molecular formula is C21H23O3PY3. The topological polar surface area (TPSA) is 49.7 Å². The van der Waals surface area contributed by atoms with Gasteiger partial charge < -0.3 is 14.7 Å². The summed E-state index contributed by atoms with van der Waals surface area (Å²) in [6.07, 6.45) is 1.70. The van der Waals surface area contributed by atoms with E-state index in [2.05, 4.69) is 30.8 Å². The van der Waals surface area contributed by atoms with Gasteiger partial charge >= 0.3 is 0 Å². The minimum absolute atomic E-state index is 0. The first-order chi connectivity index (χ1) is 12.1. The van der Waals surface area contributed by atoms with Crippen molar-refractivity contribution in [2.24, 2.45) is 0 Å². The van der Waals surface area contributed by atoms with Crippen molar-refractivity contribution in [2.45, 2.75) is 25.0 Å². The van der Waals surface area contributed by atoms with E-state index < -0.39 is 20.4 Å². The van der Waals surface area contributed by atoms with Gasteiger partial charge in [-0.25, -0.2) is 0 Å². The molecule has 3 nitrogen and oxygen atoms in total. The van der Waals surface area contributed by atoms with Gasteiger partial charge in [0.25, 0.3) is 0 Å². The summed E-state index contributed by atoms with van der Waals surface area (Å²) in [6, 6.07) is 20.4. The molecule has 1 aliphatic rings. The molecule has 0 bridgehead atoms. The first-order valence-corrected chi connectivity index (χ1v) is 9.67. The average molecular weight is 621 g/mol. The Morgan fingerprint density at radius 1 is 0.857 bits per heavy atom. The van der Waals surface area contributed by atoms with Crippen molar-refractivity contribution in [3.63, 3.8) is 0 Å². The molecule has 2 atom stereocenters. The van der Waals surface area contributed by atoms with E-state index in [1.807, 2.05) is 42.5 Å². The fourth-order valence-corrected chi connectivity index (χ4v) is 4.59.